The molecule has 5 heteroatoms. The van der Waals surface area contributed by atoms with Crippen molar-refractivity contribution in [2.45, 2.75) is 37.8 Å². The maximum atomic E-state index is 13.1. The lowest BCUT2D eigenvalue weighted by Crippen LogP contribution is -2.38. The van der Waals surface area contributed by atoms with Crippen molar-refractivity contribution in [3.05, 3.63) is 60.6 Å². The summed E-state index contributed by atoms with van der Waals surface area (Å²) in [6.45, 7) is 0. The van der Waals surface area contributed by atoms with Gasteiger partial charge in [0.25, 0.3) is 0 Å². The van der Waals surface area contributed by atoms with Crippen molar-refractivity contribution in [3.8, 4) is 0 Å². The van der Waals surface area contributed by atoms with E-state index in [4.69, 9.17) is 0 Å². The van der Waals surface area contributed by atoms with Gasteiger partial charge in [-0.1, -0.05) is 43.2 Å². The van der Waals surface area contributed by atoms with Crippen molar-refractivity contribution in [2.75, 3.05) is 0 Å². The molecule has 2 aromatic heterocycles. The van der Waals surface area contributed by atoms with Crippen molar-refractivity contribution in [3.63, 3.8) is 0 Å². The summed E-state index contributed by atoms with van der Waals surface area (Å²) in [5.74, 6) is 0.0121. The predicted molar refractivity (Wildman–Crippen MR) is 92.5 cm³/mol. The summed E-state index contributed by atoms with van der Waals surface area (Å²) >= 11 is 0. The number of carbonyl (C=O) groups is 1. The molecule has 2 heterocycles. The van der Waals surface area contributed by atoms with Crippen LogP contribution in [0.25, 0.3) is 11.2 Å². The second-order valence-electron chi connectivity index (χ2n) is 6.30. The quantitative estimate of drug-likeness (QED) is 0.803. The molecule has 1 fully saturated rings. The van der Waals surface area contributed by atoms with E-state index in [1.807, 2.05) is 47.0 Å². The molecule has 4 rings (SSSR count). The van der Waals surface area contributed by atoms with Crippen LogP contribution in [-0.4, -0.2) is 26.5 Å². The third-order valence-corrected chi connectivity index (χ3v) is 4.68. The zero-order valence-electron chi connectivity index (χ0n) is 13.4. The number of carbonyl (C=O) groups excluding carboxylic acids is 1. The first-order chi connectivity index (χ1) is 11.8. The summed E-state index contributed by atoms with van der Waals surface area (Å²) in [4.78, 5) is 21.9. The summed E-state index contributed by atoms with van der Waals surface area (Å²) < 4.78 is 1.87. The van der Waals surface area contributed by atoms with Crippen LogP contribution in [0, 0.1) is 0 Å². The number of fused-ring (bicyclic) bond motifs is 1. The molecule has 1 N–H and O–H groups in total. The van der Waals surface area contributed by atoms with Gasteiger partial charge in [-0.3, -0.25) is 9.36 Å². The van der Waals surface area contributed by atoms with E-state index in [0.717, 1.165) is 29.6 Å². The van der Waals surface area contributed by atoms with Crippen LogP contribution in [-0.2, 0) is 4.79 Å². The van der Waals surface area contributed by atoms with Crippen LogP contribution >= 0.6 is 0 Å². The van der Waals surface area contributed by atoms with Gasteiger partial charge in [0, 0.05) is 12.2 Å². The standard InChI is InChI=1S/C19H20N4O/c24-19(22-15-9-4-5-10-15)17(14-7-2-1-3-8-14)23-13-21-16-11-6-12-20-18(16)23/h1-3,6-8,11-13,15,17H,4-5,9-10H2,(H,22,24). The summed E-state index contributed by atoms with van der Waals surface area (Å²) in [6.07, 6.45) is 7.96. The normalized spacial score (nSPS) is 16.3. The first-order valence-electron chi connectivity index (χ1n) is 8.46. The zero-order valence-corrected chi connectivity index (χ0v) is 13.4. The van der Waals surface area contributed by atoms with Crippen molar-refractivity contribution in [2.24, 2.45) is 0 Å². The number of hydrogen-bond acceptors (Lipinski definition) is 3. The van der Waals surface area contributed by atoms with Crippen molar-refractivity contribution < 1.29 is 4.79 Å². The number of benzene rings is 1. The van der Waals surface area contributed by atoms with Gasteiger partial charge < -0.3 is 5.32 Å². The van der Waals surface area contributed by atoms with Crippen LogP contribution in [0.1, 0.15) is 37.3 Å². The Morgan fingerprint density at radius 2 is 1.88 bits per heavy atom. The number of nitrogens with zero attached hydrogens (tertiary/aromatic N) is 3. The molecule has 0 spiro atoms. The van der Waals surface area contributed by atoms with Gasteiger partial charge in [0.05, 0.1) is 6.33 Å². The summed E-state index contributed by atoms with van der Waals surface area (Å²) in [5, 5.41) is 3.22. The van der Waals surface area contributed by atoms with Crippen molar-refractivity contribution in [1.82, 2.24) is 19.9 Å². The average molecular weight is 320 g/mol. The lowest BCUT2D eigenvalue weighted by Gasteiger charge is -2.21. The molecule has 0 bridgehead atoms. The molecule has 1 saturated carbocycles. The Morgan fingerprint density at radius 1 is 1.08 bits per heavy atom. The minimum Gasteiger partial charge on any atom is -0.351 e. The van der Waals surface area contributed by atoms with Gasteiger partial charge in [-0.2, -0.15) is 0 Å². The fourth-order valence-electron chi connectivity index (χ4n) is 3.48. The van der Waals surface area contributed by atoms with Gasteiger partial charge >= 0.3 is 0 Å². The highest BCUT2D eigenvalue weighted by Gasteiger charge is 2.27. The maximum Gasteiger partial charge on any atom is 0.248 e. The fourth-order valence-corrected chi connectivity index (χ4v) is 3.48. The second kappa shape index (κ2) is 6.43. The number of pyridine rings is 1. The highest BCUT2D eigenvalue weighted by atomic mass is 16.2. The van der Waals surface area contributed by atoms with Crippen molar-refractivity contribution in [1.29, 1.82) is 0 Å². The number of nitrogens with one attached hydrogen (secondary N) is 1. The van der Waals surface area contributed by atoms with Gasteiger partial charge in [-0.25, -0.2) is 9.97 Å². The molecule has 3 aromatic rings. The molecule has 1 atom stereocenters. The predicted octanol–water partition coefficient (Wildman–Crippen LogP) is 3.08. The van der Waals surface area contributed by atoms with Gasteiger partial charge in [0.1, 0.15) is 11.6 Å². The monoisotopic (exact) mass is 320 g/mol. The lowest BCUT2D eigenvalue weighted by molar-refractivity contribution is -0.123. The summed E-state index contributed by atoms with van der Waals surface area (Å²) in [7, 11) is 0. The third kappa shape index (κ3) is 2.77. The largest absolute Gasteiger partial charge is 0.351 e. The molecule has 1 amide bonds. The molecule has 122 valence electrons. The molecule has 1 aliphatic rings. The van der Waals surface area contributed by atoms with Gasteiger partial charge in [0.15, 0.2) is 5.65 Å². The highest BCUT2D eigenvalue weighted by Crippen LogP contribution is 2.25. The smallest absolute Gasteiger partial charge is 0.248 e. The van der Waals surface area contributed by atoms with Crippen LogP contribution < -0.4 is 5.32 Å². The number of amides is 1. The Balaban J connectivity index is 1.74. The minimum absolute atomic E-state index is 0.0121. The Morgan fingerprint density at radius 3 is 2.67 bits per heavy atom. The fraction of sp³-hybridized carbons (Fsp3) is 0.316. The molecular formula is C19H20N4O. The molecular weight excluding hydrogens is 300 g/mol. The summed E-state index contributed by atoms with van der Waals surface area (Å²) in [6, 6.07) is 13.4. The van der Waals surface area contributed by atoms with Crippen LogP contribution in [0.5, 0.6) is 0 Å². The number of rotatable bonds is 4. The van der Waals surface area contributed by atoms with E-state index in [9.17, 15) is 4.79 Å². The SMILES string of the molecule is O=C(NC1CCCC1)C(c1ccccc1)n1cnc2cccnc21. The Hall–Kier alpha value is -2.69. The molecule has 1 unspecified atom stereocenters. The van der Waals surface area contributed by atoms with E-state index in [0.29, 0.717) is 0 Å². The van der Waals surface area contributed by atoms with E-state index in [2.05, 4.69) is 15.3 Å². The summed E-state index contributed by atoms with van der Waals surface area (Å²) in [5.41, 5.74) is 2.47. The topological polar surface area (TPSA) is 59.8 Å². The molecule has 0 saturated heterocycles. The molecule has 1 aromatic carbocycles. The molecule has 0 aliphatic heterocycles. The van der Waals surface area contributed by atoms with Crippen LogP contribution in [0.15, 0.2) is 55.0 Å². The van der Waals surface area contributed by atoms with E-state index in [1.54, 1.807) is 12.5 Å². The highest BCUT2D eigenvalue weighted by molar-refractivity contribution is 5.86. The van der Waals surface area contributed by atoms with E-state index in [-0.39, 0.29) is 11.9 Å². The van der Waals surface area contributed by atoms with Gasteiger partial charge in [-0.05, 0) is 30.5 Å². The van der Waals surface area contributed by atoms with Gasteiger partial charge in [0.2, 0.25) is 5.91 Å². The van der Waals surface area contributed by atoms with Gasteiger partial charge in [-0.15, -0.1) is 0 Å². The van der Waals surface area contributed by atoms with Crippen LogP contribution in [0.4, 0.5) is 0 Å². The number of hydrogen-bond donors (Lipinski definition) is 1. The van der Waals surface area contributed by atoms with Crippen LogP contribution in [0.3, 0.4) is 0 Å². The number of imidazole rings is 1. The van der Waals surface area contributed by atoms with Crippen molar-refractivity contribution >= 4 is 17.1 Å². The zero-order chi connectivity index (χ0) is 16.4. The van der Waals surface area contributed by atoms with Crippen LogP contribution in [0.2, 0.25) is 0 Å². The lowest BCUT2D eigenvalue weighted by atomic mass is 10.1. The first-order valence-corrected chi connectivity index (χ1v) is 8.46. The maximum absolute atomic E-state index is 13.1. The molecule has 5 nitrogen and oxygen atoms in total. The Kier molecular flexibility index (Phi) is 3.99. The Labute approximate surface area is 140 Å². The van der Waals surface area contributed by atoms with E-state index in [1.165, 1.54) is 12.8 Å². The third-order valence-electron chi connectivity index (χ3n) is 4.68. The minimum atomic E-state index is -0.452. The molecule has 24 heavy (non-hydrogen) atoms. The Bertz CT molecular complexity index is 837. The average Bonchev–Trinajstić information content (AvgIpc) is 3.27. The molecule has 0 radical (unpaired) electrons. The van der Waals surface area contributed by atoms with E-state index >= 15 is 0 Å². The van der Waals surface area contributed by atoms with E-state index < -0.39 is 6.04 Å². The molecule has 1 aliphatic carbocycles. The second-order valence-corrected chi connectivity index (χ2v) is 6.30. The number of aromatic nitrogens is 3. The first kappa shape index (κ1) is 14.9.